The maximum absolute atomic E-state index is 12.1. The summed E-state index contributed by atoms with van der Waals surface area (Å²) in [5.74, 6) is 0.344. The van der Waals surface area contributed by atoms with Crippen molar-refractivity contribution in [2.75, 3.05) is 6.54 Å². The highest BCUT2D eigenvalue weighted by atomic mass is 16.6. The fourth-order valence-corrected chi connectivity index (χ4v) is 2.32. The Morgan fingerprint density at radius 3 is 2.29 bits per heavy atom. The van der Waals surface area contributed by atoms with Crippen LogP contribution in [0.4, 0.5) is 4.79 Å². The third-order valence-corrected chi connectivity index (χ3v) is 3.23. The lowest BCUT2D eigenvalue weighted by atomic mass is 10.0. The van der Waals surface area contributed by atoms with Crippen LogP contribution in [0, 0.1) is 5.92 Å². The van der Waals surface area contributed by atoms with Crippen molar-refractivity contribution in [1.29, 1.82) is 0 Å². The van der Waals surface area contributed by atoms with Gasteiger partial charge in [0.25, 0.3) is 0 Å². The van der Waals surface area contributed by atoms with Crippen molar-refractivity contribution in [3.8, 4) is 0 Å². The summed E-state index contributed by atoms with van der Waals surface area (Å²) < 4.78 is 5.29. The molecule has 0 spiro atoms. The minimum atomic E-state index is -0.539. The van der Waals surface area contributed by atoms with E-state index in [1.807, 2.05) is 51.1 Å². The summed E-state index contributed by atoms with van der Waals surface area (Å²) in [5.41, 5.74) is 0.429. The van der Waals surface area contributed by atoms with Crippen LogP contribution in [0.2, 0.25) is 0 Å². The molecule has 0 radical (unpaired) electrons. The lowest BCUT2D eigenvalue weighted by Crippen LogP contribution is -2.46. The maximum atomic E-state index is 12.1. The predicted octanol–water partition coefficient (Wildman–Crippen LogP) is 3.28. The zero-order valence-corrected chi connectivity index (χ0v) is 15.4. The molecule has 5 nitrogen and oxygen atoms in total. The molecule has 2 amide bonds. The molecule has 0 bridgehead atoms. The number of nitrogens with one attached hydrogen (secondary N) is 2. The van der Waals surface area contributed by atoms with Crippen LogP contribution in [0.25, 0.3) is 0 Å². The minimum Gasteiger partial charge on any atom is -0.444 e. The number of hydrogen-bond acceptors (Lipinski definition) is 3. The SMILES string of the molecule is CC(C)C[C@@H](CNC(=O)Cc1ccccc1)NC(=O)OC(C)(C)C. The smallest absolute Gasteiger partial charge is 0.407 e. The lowest BCUT2D eigenvalue weighted by molar-refractivity contribution is -0.120. The van der Waals surface area contributed by atoms with E-state index in [-0.39, 0.29) is 11.9 Å². The average Bonchev–Trinajstić information content (AvgIpc) is 2.43. The van der Waals surface area contributed by atoms with E-state index in [0.717, 1.165) is 12.0 Å². The van der Waals surface area contributed by atoms with Crippen molar-refractivity contribution in [1.82, 2.24) is 10.6 Å². The van der Waals surface area contributed by atoms with Crippen molar-refractivity contribution in [2.24, 2.45) is 5.92 Å². The average molecular weight is 334 g/mol. The van der Waals surface area contributed by atoms with Crippen molar-refractivity contribution in [3.05, 3.63) is 35.9 Å². The van der Waals surface area contributed by atoms with Gasteiger partial charge in [0, 0.05) is 12.6 Å². The number of hydrogen-bond donors (Lipinski definition) is 2. The minimum absolute atomic E-state index is 0.0547. The number of alkyl carbamates (subject to hydrolysis) is 1. The van der Waals surface area contributed by atoms with E-state index < -0.39 is 11.7 Å². The van der Waals surface area contributed by atoms with Crippen LogP contribution in [0.1, 0.15) is 46.6 Å². The first-order chi connectivity index (χ1) is 11.2. The van der Waals surface area contributed by atoms with Gasteiger partial charge in [0.1, 0.15) is 5.60 Å². The lowest BCUT2D eigenvalue weighted by Gasteiger charge is -2.25. The normalized spacial score (nSPS) is 12.6. The van der Waals surface area contributed by atoms with Gasteiger partial charge < -0.3 is 15.4 Å². The van der Waals surface area contributed by atoms with Crippen LogP contribution < -0.4 is 10.6 Å². The van der Waals surface area contributed by atoms with Gasteiger partial charge in [-0.2, -0.15) is 0 Å². The summed E-state index contributed by atoms with van der Waals surface area (Å²) in [6, 6.07) is 9.43. The molecule has 0 unspecified atom stereocenters. The summed E-state index contributed by atoms with van der Waals surface area (Å²) in [4.78, 5) is 24.0. The zero-order valence-electron chi connectivity index (χ0n) is 15.4. The zero-order chi connectivity index (χ0) is 18.2. The molecule has 134 valence electrons. The molecule has 0 aromatic heterocycles. The van der Waals surface area contributed by atoms with Crippen LogP contribution >= 0.6 is 0 Å². The molecule has 0 aliphatic rings. The molecule has 0 saturated heterocycles. The Labute approximate surface area is 145 Å². The molecule has 1 aromatic carbocycles. The number of carbonyl (C=O) groups excluding carboxylic acids is 2. The van der Waals surface area contributed by atoms with Crippen molar-refractivity contribution < 1.29 is 14.3 Å². The third-order valence-electron chi connectivity index (χ3n) is 3.23. The maximum Gasteiger partial charge on any atom is 0.407 e. The molecule has 0 fully saturated rings. The summed E-state index contributed by atoms with van der Waals surface area (Å²) in [6.07, 6.45) is 0.650. The highest BCUT2D eigenvalue weighted by Crippen LogP contribution is 2.09. The van der Waals surface area contributed by atoms with Crippen molar-refractivity contribution in [2.45, 2.75) is 59.1 Å². The first kappa shape index (κ1) is 20.0. The molecule has 1 atom stereocenters. The van der Waals surface area contributed by atoms with Gasteiger partial charge in [0.15, 0.2) is 0 Å². The summed E-state index contributed by atoms with van der Waals surface area (Å²) in [5, 5.41) is 5.74. The molecule has 24 heavy (non-hydrogen) atoms. The molecule has 0 heterocycles. The Morgan fingerprint density at radius 1 is 1.12 bits per heavy atom. The number of benzene rings is 1. The van der Waals surface area contributed by atoms with Crippen LogP contribution in [-0.2, 0) is 16.0 Å². The highest BCUT2D eigenvalue weighted by molar-refractivity contribution is 5.78. The highest BCUT2D eigenvalue weighted by Gasteiger charge is 2.20. The number of carbonyl (C=O) groups is 2. The van der Waals surface area contributed by atoms with Crippen molar-refractivity contribution >= 4 is 12.0 Å². The largest absolute Gasteiger partial charge is 0.444 e. The van der Waals surface area contributed by atoms with Crippen LogP contribution in [0.5, 0.6) is 0 Å². The summed E-state index contributed by atoms with van der Waals surface area (Å²) in [7, 11) is 0. The van der Waals surface area contributed by atoms with Crippen LogP contribution in [0.3, 0.4) is 0 Å². The fraction of sp³-hybridized carbons (Fsp3) is 0.579. The fourth-order valence-electron chi connectivity index (χ4n) is 2.32. The Morgan fingerprint density at radius 2 is 1.75 bits per heavy atom. The summed E-state index contributed by atoms with van der Waals surface area (Å²) >= 11 is 0. The van der Waals surface area contributed by atoms with Crippen molar-refractivity contribution in [3.63, 3.8) is 0 Å². The molecule has 2 N–H and O–H groups in total. The molecule has 0 aliphatic heterocycles. The Bertz CT molecular complexity index is 521. The number of rotatable bonds is 7. The second-order valence-electron chi connectivity index (χ2n) is 7.44. The standard InChI is InChI=1S/C19H30N2O3/c1-14(2)11-16(21-18(23)24-19(3,4)5)13-20-17(22)12-15-9-7-6-8-10-15/h6-10,14,16H,11-13H2,1-5H3,(H,20,22)(H,21,23)/t16-/m0/s1. The van der Waals surface area contributed by atoms with Gasteiger partial charge in [-0.3, -0.25) is 4.79 Å². The van der Waals surface area contributed by atoms with Gasteiger partial charge in [-0.15, -0.1) is 0 Å². The van der Waals surface area contributed by atoms with Gasteiger partial charge >= 0.3 is 6.09 Å². The van der Waals surface area contributed by atoms with Gasteiger partial charge in [0.05, 0.1) is 6.42 Å². The Kier molecular flexibility index (Phi) is 7.75. The first-order valence-corrected chi connectivity index (χ1v) is 8.46. The molecule has 1 aromatic rings. The van der Waals surface area contributed by atoms with E-state index in [1.54, 1.807) is 0 Å². The molecular weight excluding hydrogens is 304 g/mol. The molecule has 0 aliphatic carbocycles. The quantitative estimate of drug-likeness (QED) is 0.804. The molecule has 0 saturated carbocycles. The van der Waals surface area contributed by atoms with E-state index in [0.29, 0.717) is 18.9 Å². The van der Waals surface area contributed by atoms with Crippen LogP contribution in [0.15, 0.2) is 30.3 Å². The van der Waals surface area contributed by atoms with Gasteiger partial charge in [0.2, 0.25) is 5.91 Å². The van der Waals surface area contributed by atoms with E-state index in [1.165, 1.54) is 0 Å². The monoisotopic (exact) mass is 334 g/mol. The second-order valence-corrected chi connectivity index (χ2v) is 7.44. The van der Waals surface area contributed by atoms with Crippen LogP contribution in [-0.4, -0.2) is 30.2 Å². The number of ether oxygens (including phenoxy) is 1. The summed E-state index contributed by atoms with van der Waals surface area (Å²) in [6.45, 7) is 10.0. The molecule has 1 rings (SSSR count). The number of amides is 2. The van der Waals surface area contributed by atoms with Gasteiger partial charge in [-0.05, 0) is 38.7 Å². The van der Waals surface area contributed by atoms with Gasteiger partial charge in [-0.1, -0.05) is 44.2 Å². The van der Waals surface area contributed by atoms with E-state index >= 15 is 0 Å². The Hall–Kier alpha value is -2.04. The molecular formula is C19H30N2O3. The van der Waals surface area contributed by atoms with E-state index in [2.05, 4.69) is 24.5 Å². The first-order valence-electron chi connectivity index (χ1n) is 8.46. The Balaban J connectivity index is 2.50. The molecule has 5 heteroatoms. The predicted molar refractivity (Wildman–Crippen MR) is 95.8 cm³/mol. The van der Waals surface area contributed by atoms with E-state index in [4.69, 9.17) is 4.74 Å². The van der Waals surface area contributed by atoms with Gasteiger partial charge in [-0.25, -0.2) is 4.79 Å². The topological polar surface area (TPSA) is 67.4 Å². The third kappa shape index (κ3) is 9.18. The second kappa shape index (κ2) is 9.30. The van der Waals surface area contributed by atoms with E-state index in [9.17, 15) is 9.59 Å².